The summed E-state index contributed by atoms with van der Waals surface area (Å²) in [6.07, 6.45) is 5.62. The highest BCUT2D eigenvalue weighted by Crippen LogP contribution is 2.42. The van der Waals surface area contributed by atoms with E-state index in [4.69, 9.17) is 4.74 Å². The van der Waals surface area contributed by atoms with Gasteiger partial charge in [0.1, 0.15) is 5.75 Å². The Kier molecular flexibility index (Phi) is 5.46. The largest absolute Gasteiger partial charge is 0.497 e. The van der Waals surface area contributed by atoms with E-state index in [2.05, 4.69) is 22.5 Å². The Bertz CT molecular complexity index is 766. The standard InChI is InChI=1S/C20H24N2O2.BrH/c1-3-13-12-22-9-7-14(13)10-19(22)20(23)16-6-8-21-18-5-4-15(24-2)11-17(16)18;/h3-6,8,11,13-14,19-20,23H,1,7,9-10,12H2,2H3;1H/t13-,14-,19+,20-;/m0./s1. The van der Waals surface area contributed by atoms with Crippen molar-refractivity contribution in [1.82, 2.24) is 9.88 Å². The lowest BCUT2D eigenvalue weighted by molar-refractivity contribution is -0.0444. The Morgan fingerprint density at radius 3 is 2.92 bits per heavy atom. The molecule has 1 aromatic heterocycles. The van der Waals surface area contributed by atoms with E-state index in [9.17, 15) is 5.11 Å². The molecule has 0 amide bonds. The van der Waals surface area contributed by atoms with Crippen molar-refractivity contribution in [2.24, 2.45) is 11.8 Å². The van der Waals surface area contributed by atoms with Crippen molar-refractivity contribution in [2.45, 2.75) is 25.0 Å². The fourth-order valence-corrected chi connectivity index (χ4v) is 4.44. The first kappa shape index (κ1) is 18.4. The molecule has 25 heavy (non-hydrogen) atoms. The molecular formula is C20H25BrN2O2. The Hall–Kier alpha value is -1.43. The number of rotatable bonds is 4. The van der Waals surface area contributed by atoms with Crippen LogP contribution in [-0.4, -0.2) is 41.2 Å². The number of hydrogen-bond acceptors (Lipinski definition) is 4. The van der Waals surface area contributed by atoms with E-state index in [-0.39, 0.29) is 23.0 Å². The second-order valence-electron chi connectivity index (χ2n) is 6.97. The predicted molar refractivity (Wildman–Crippen MR) is 105 cm³/mol. The average molecular weight is 405 g/mol. The molecule has 0 saturated carbocycles. The zero-order valence-corrected chi connectivity index (χ0v) is 16.2. The molecule has 0 radical (unpaired) electrons. The lowest BCUT2D eigenvalue weighted by Gasteiger charge is -2.50. The number of hydrogen-bond donors (Lipinski definition) is 1. The molecule has 0 aliphatic carbocycles. The van der Waals surface area contributed by atoms with Crippen molar-refractivity contribution in [3.8, 4) is 5.75 Å². The van der Waals surface area contributed by atoms with Gasteiger partial charge in [-0.15, -0.1) is 23.6 Å². The third kappa shape index (κ3) is 3.21. The number of benzene rings is 1. The second kappa shape index (κ2) is 7.44. The van der Waals surface area contributed by atoms with Gasteiger partial charge in [-0.3, -0.25) is 9.88 Å². The molecule has 4 heterocycles. The highest BCUT2D eigenvalue weighted by Gasteiger charge is 2.42. The molecule has 134 valence electrons. The van der Waals surface area contributed by atoms with Gasteiger partial charge in [0.05, 0.1) is 18.7 Å². The molecule has 2 aromatic rings. The van der Waals surface area contributed by atoms with E-state index in [1.807, 2.05) is 24.3 Å². The van der Waals surface area contributed by atoms with E-state index in [1.54, 1.807) is 13.3 Å². The second-order valence-corrected chi connectivity index (χ2v) is 6.97. The summed E-state index contributed by atoms with van der Waals surface area (Å²) in [4.78, 5) is 6.86. The molecule has 2 bridgehead atoms. The van der Waals surface area contributed by atoms with Gasteiger partial charge in [0, 0.05) is 24.2 Å². The molecule has 1 N–H and O–H groups in total. The van der Waals surface area contributed by atoms with Gasteiger partial charge in [-0.05, 0) is 61.1 Å². The summed E-state index contributed by atoms with van der Waals surface area (Å²) < 4.78 is 5.35. The molecule has 3 saturated heterocycles. The van der Waals surface area contributed by atoms with E-state index < -0.39 is 6.10 Å². The minimum atomic E-state index is -0.504. The molecule has 5 rings (SSSR count). The van der Waals surface area contributed by atoms with E-state index >= 15 is 0 Å². The van der Waals surface area contributed by atoms with Crippen LogP contribution in [0.25, 0.3) is 10.9 Å². The van der Waals surface area contributed by atoms with Crippen LogP contribution in [0.3, 0.4) is 0 Å². The highest BCUT2D eigenvalue weighted by molar-refractivity contribution is 8.93. The summed E-state index contributed by atoms with van der Waals surface area (Å²) >= 11 is 0. The van der Waals surface area contributed by atoms with Crippen LogP contribution < -0.4 is 4.74 Å². The lowest BCUT2D eigenvalue weighted by atomic mass is 9.73. The monoisotopic (exact) mass is 404 g/mol. The van der Waals surface area contributed by atoms with Gasteiger partial charge in [-0.25, -0.2) is 0 Å². The van der Waals surface area contributed by atoms with Crippen LogP contribution >= 0.6 is 17.0 Å². The quantitative estimate of drug-likeness (QED) is 0.788. The van der Waals surface area contributed by atoms with Crippen molar-refractivity contribution < 1.29 is 9.84 Å². The zero-order chi connectivity index (χ0) is 16.7. The lowest BCUT2D eigenvalue weighted by Crippen LogP contribution is -2.54. The fourth-order valence-electron chi connectivity index (χ4n) is 4.44. The van der Waals surface area contributed by atoms with Crippen LogP contribution in [0.1, 0.15) is 24.5 Å². The minimum Gasteiger partial charge on any atom is -0.497 e. The number of fused-ring (bicyclic) bond motifs is 4. The number of piperidine rings is 3. The summed E-state index contributed by atoms with van der Waals surface area (Å²) in [6, 6.07) is 7.96. The van der Waals surface area contributed by atoms with E-state index in [0.29, 0.717) is 11.8 Å². The number of halogens is 1. The first-order chi connectivity index (χ1) is 11.7. The third-order valence-electron chi connectivity index (χ3n) is 5.82. The van der Waals surface area contributed by atoms with Crippen molar-refractivity contribution in [2.75, 3.05) is 20.2 Å². The van der Waals surface area contributed by atoms with Crippen molar-refractivity contribution in [3.05, 3.63) is 48.7 Å². The van der Waals surface area contributed by atoms with E-state index in [0.717, 1.165) is 41.7 Å². The smallest absolute Gasteiger partial charge is 0.119 e. The van der Waals surface area contributed by atoms with Gasteiger partial charge >= 0.3 is 0 Å². The van der Waals surface area contributed by atoms with E-state index in [1.165, 1.54) is 6.42 Å². The molecule has 0 spiro atoms. The molecule has 0 unspecified atom stereocenters. The number of aliphatic hydroxyl groups excluding tert-OH is 1. The van der Waals surface area contributed by atoms with Crippen LogP contribution in [0, 0.1) is 11.8 Å². The number of nitrogens with zero attached hydrogens (tertiary/aromatic N) is 2. The number of aromatic nitrogens is 1. The number of methoxy groups -OCH3 is 1. The first-order valence-electron chi connectivity index (χ1n) is 8.68. The maximum Gasteiger partial charge on any atom is 0.119 e. The summed E-state index contributed by atoms with van der Waals surface area (Å²) in [6.45, 7) is 6.07. The van der Waals surface area contributed by atoms with Crippen molar-refractivity contribution >= 4 is 27.9 Å². The summed E-state index contributed by atoms with van der Waals surface area (Å²) in [5, 5.41) is 12.1. The number of aliphatic hydroxyl groups is 1. The normalized spacial score (nSPS) is 29.0. The molecule has 5 atom stereocenters. The fraction of sp³-hybridized carbons (Fsp3) is 0.450. The van der Waals surface area contributed by atoms with Gasteiger partial charge < -0.3 is 9.84 Å². The predicted octanol–water partition coefficient (Wildman–Crippen LogP) is 3.75. The SMILES string of the molecule is Br.C=C[C@H]1C[N@]2CC[C@H]1C[C@@H]2[C@@H](O)c1ccnc2ccc(OC)cc12. The Morgan fingerprint density at radius 1 is 1.40 bits per heavy atom. The van der Waals surface area contributed by atoms with Gasteiger partial charge in [0.2, 0.25) is 0 Å². The molecule has 4 nitrogen and oxygen atoms in total. The van der Waals surface area contributed by atoms with Crippen molar-refractivity contribution in [3.63, 3.8) is 0 Å². The topological polar surface area (TPSA) is 45.6 Å². The Morgan fingerprint density at radius 2 is 2.24 bits per heavy atom. The first-order valence-corrected chi connectivity index (χ1v) is 8.68. The average Bonchev–Trinajstić information content (AvgIpc) is 2.66. The van der Waals surface area contributed by atoms with Crippen LogP contribution in [-0.2, 0) is 0 Å². The van der Waals surface area contributed by atoms with Gasteiger partial charge in [-0.2, -0.15) is 0 Å². The van der Waals surface area contributed by atoms with Crippen molar-refractivity contribution in [1.29, 1.82) is 0 Å². The van der Waals surface area contributed by atoms with Gasteiger partial charge in [0.15, 0.2) is 0 Å². The van der Waals surface area contributed by atoms with Gasteiger partial charge in [0.25, 0.3) is 0 Å². The minimum absolute atomic E-state index is 0. The van der Waals surface area contributed by atoms with Crippen LogP contribution in [0.2, 0.25) is 0 Å². The molecule has 3 aliphatic rings. The molecular weight excluding hydrogens is 380 g/mol. The molecule has 1 aromatic carbocycles. The molecule has 3 aliphatic heterocycles. The third-order valence-corrected chi connectivity index (χ3v) is 5.82. The Balaban J connectivity index is 0.00000182. The summed E-state index contributed by atoms with van der Waals surface area (Å²) in [5.41, 5.74) is 1.85. The van der Waals surface area contributed by atoms with Crippen LogP contribution in [0.4, 0.5) is 0 Å². The Labute approximate surface area is 159 Å². The zero-order valence-electron chi connectivity index (χ0n) is 14.5. The summed E-state index contributed by atoms with van der Waals surface area (Å²) in [7, 11) is 1.66. The number of ether oxygens (including phenoxy) is 1. The molecule has 5 heteroatoms. The number of pyridine rings is 1. The summed E-state index contributed by atoms with van der Waals surface area (Å²) in [5.74, 6) is 2.01. The maximum atomic E-state index is 11.2. The molecule has 3 fully saturated rings. The maximum absolute atomic E-state index is 11.2. The van der Waals surface area contributed by atoms with Gasteiger partial charge in [-0.1, -0.05) is 6.08 Å². The highest BCUT2D eigenvalue weighted by atomic mass is 79.9. The van der Waals surface area contributed by atoms with Crippen LogP contribution in [0.5, 0.6) is 5.75 Å². The van der Waals surface area contributed by atoms with Crippen LogP contribution in [0.15, 0.2) is 43.1 Å².